The van der Waals surface area contributed by atoms with E-state index < -0.39 is 15.8 Å². The molecule has 10 heteroatoms. The highest BCUT2D eigenvalue weighted by Gasteiger charge is 2.29. The van der Waals surface area contributed by atoms with E-state index in [0.29, 0.717) is 32.6 Å². The predicted octanol–water partition coefficient (Wildman–Crippen LogP) is 3.40. The topological polar surface area (TPSA) is 72.0 Å². The molecule has 0 N–H and O–H groups in total. The van der Waals surface area contributed by atoms with Gasteiger partial charge >= 0.3 is 0 Å². The zero-order valence-corrected chi connectivity index (χ0v) is 19.5. The van der Waals surface area contributed by atoms with Crippen molar-refractivity contribution in [3.8, 4) is 11.5 Å². The molecular formula is C22H24FN3O4S2. The molecule has 1 aromatic heterocycles. The maximum absolute atomic E-state index is 13.1. The molecule has 2 aromatic carbocycles. The number of ether oxygens (including phenoxy) is 2. The van der Waals surface area contributed by atoms with Gasteiger partial charge in [-0.2, -0.15) is 4.31 Å². The van der Waals surface area contributed by atoms with Crippen LogP contribution in [-0.2, 0) is 16.4 Å². The molecule has 0 amide bonds. The second kappa shape index (κ2) is 9.43. The van der Waals surface area contributed by atoms with Crippen LogP contribution in [0.4, 0.5) is 9.52 Å². The van der Waals surface area contributed by atoms with Crippen LogP contribution in [0.25, 0.3) is 0 Å². The van der Waals surface area contributed by atoms with Crippen molar-refractivity contribution in [1.29, 1.82) is 0 Å². The largest absolute Gasteiger partial charge is 0.497 e. The lowest BCUT2D eigenvalue weighted by molar-refractivity contribution is 0.384. The van der Waals surface area contributed by atoms with Gasteiger partial charge in [0, 0.05) is 43.5 Å². The number of aromatic nitrogens is 1. The molecule has 0 atom stereocenters. The zero-order chi connectivity index (χ0) is 22.7. The molecule has 0 saturated carbocycles. The third-order valence-electron chi connectivity index (χ3n) is 5.36. The number of anilines is 1. The van der Waals surface area contributed by atoms with Crippen molar-refractivity contribution in [2.45, 2.75) is 11.3 Å². The Labute approximate surface area is 191 Å². The molecule has 7 nitrogen and oxygen atoms in total. The Morgan fingerprint density at radius 1 is 1.03 bits per heavy atom. The SMILES string of the molecule is COc1ccc(OC)c(Cc2csc(N3CCN(S(=O)(=O)c4ccc(F)cc4)CC3)n2)c1. The van der Waals surface area contributed by atoms with Gasteiger partial charge in [-0.25, -0.2) is 17.8 Å². The standard InChI is InChI=1S/C22H24FN3O4S2/c1-29-19-5-8-21(30-2)16(14-19)13-18-15-31-22(24-18)25-9-11-26(12-10-25)32(27,28)20-6-3-17(23)4-7-20/h3-8,14-15H,9-13H2,1-2H3. The molecule has 1 aliphatic heterocycles. The summed E-state index contributed by atoms with van der Waals surface area (Å²) in [6.45, 7) is 1.77. The highest BCUT2D eigenvalue weighted by Crippen LogP contribution is 2.29. The van der Waals surface area contributed by atoms with Gasteiger partial charge in [0.1, 0.15) is 17.3 Å². The zero-order valence-electron chi connectivity index (χ0n) is 17.8. The second-order valence-electron chi connectivity index (χ2n) is 7.32. The third kappa shape index (κ3) is 4.72. The maximum atomic E-state index is 13.1. The van der Waals surface area contributed by atoms with Crippen LogP contribution >= 0.6 is 11.3 Å². The van der Waals surface area contributed by atoms with Gasteiger partial charge < -0.3 is 14.4 Å². The van der Waals surface area contributed by atoms with E-state index in [1.54, 1.807) is 14.2 Å². The van der Waals surface area contributed by atoms with Crippen LogP contribution in [0.15, 0.2) is 52.7 Å². The van der Waals surface area contributed by atoms with Crippen LogP contribution in [0.5, 0.6) is 11.5 Å². The maximum Gasteiger partial charge on any atom is 0.243 e. The molecule has 1 aliphatic rings. The fourth-order valence-corrected chi connectivity index (χ4v) is 5.91. The summed E-state index contributed by atoms with van der Waals surface area (Å²) in [5, 5.41) is 2.87. The number of piperazine rings is 1. The first-order valence-corrected chi connectivity index (χ1v) is 12.4. The molecule has 2 heterocycles. The van der Waals surface area contributed by atoms with E-state index in [4.69, 9.17) is 14.5 Å². The number of nitrogens with zero attached hydrogens (tertiary/aromatic N) is 3. The Morgan fingerprint density at radius 3 is 2.41 bits per heavy atom. The summed E-state index contributed by atoms with van der Waals surface area (Å²) in [6, 6.07) is 10.6. The average molecular weight is 478 g/mol. The molecule has 170 valence electrons. The van der Waals surface area contributed by atoms with E-state index in [1.807, 2.05) is 23.6 Å². The van der Waals surface area contributed by atoms with Crippen molar-refractivity contribution in [3.05, 3.63) is 64.9 Å². The number of hydrogen-bond acceptors (Lipinski definition) is 7. The minimum absolute atomic E-state index is 0.108. The smallest absolute Gasteiger partial charge is 0.243 e. The summed E-state index contributed by atoms with van der Waals surface area (Å²) >= 11 is 1.54. The number of hydrogen-bond donors (Lipinski definition) is 0. The molecule has 0 spiro atoms. The highest BCUT2D eigenvalue weighted by atomic mass is 32.2. The molecule has 3 aromatic rings. The number of rotatable bonds is 7. The molecule has 0 radical (unpaired) electrons. The van der Waals surface area contributed by atoms with E-state index in [2.05, 4.69) is 4.90 Å². The van der Waals surface area contributed by atoms with Gasteiger partial charge in [0.25, 0.3) is 0 Å². The average Bonchev–Trinajstić information content (AvgIpc) is 3.28. The number of halogens is 1. The summed E-state index contributed by atoms with van der Waals surface area (Å²) in [4.78, 5) is 6.95. The van der Waals surface area contributed by atoms with Crippen LogP contribution in [0, 0.1) is 5.82 Å². The first-order valence-electron chi connectivity index (χ1n) is 10.1. The lowest BCUT2D eigenvalue weighted by Gasteiger charge is -2.33. The molecule has 32 heavy (non-hydrogen) atoms. The van der Waals surface area contributed by atoms with Gasteiger partial charge in [-0.05, 0) is 42.5 Å². The molecule has 0 bridgehead atoms. The summed E-state index contributed by atoms with van der Waals surface area (Å²) < 4.78 is 51.0. The first kappa shape index (κ1) is 22.5. The van der Waals surface area contributed by atoms with Crippen LogP contribution < -0.4 is 14.4 Å². The Hall–Kier alpha value is -2.69. The highest BCUT2D eigenvalue weighted by molar-refractivity contribution is 7.89. The first-order chi connectivity index (χ1) is 15.4. The van der Waals surface area contributed by atoms with Crippen LogP contribution in [0.1, 0.15) is 11.3 Å². The fourth-order valence-electron chi connectivity index (χ4n) is 3.61. The lowest BCUT2D eigenvalue weighted by atomic mass is 10.1. The second-order valence-corrected chi connectivity index (χ2v) is 10.1. The normalized spacial score (nSPS) is 15.0. The van der Waals surface area contributed by atoms with Crippen molar-refractivity contribution in [2.75, 3.05) is 45.3 Å². The Morgan fingerprint density at radius 2 is 1.75 bits per heavy atom. The van der Waals surface area contributed by atoms with Crippen molar-refractivity contribution < 1.29 is 22.3 Å². The molecule has 0 unspecified atom stereocenters. The van der Waals surface area contributed by atoms with Gasteiger partial charge in [-0.1, -0.05) is 0 Å². The fraction of sp³-hybridized carbons (Fsp3) is 0.318. The van der Waals surface area contributed by atoms with Crippen LogP contribution in [0.3, 0.4) is 0 Å². The van der Waals surface area contributed by atoms with Gasteiger partial charge in [-0.3, -0.25) is 0 Å². The number of methoxy groups -OCH3 is 2. The van der Waals surface area contributed by atoms with E-state index in [9.17, 15) is 12.8 Å². The summed E-state index contributed by atoms with van der Waals surface area (Å²) in [5.41, 5.74) is 1.90. The Kier molecular flexibility index (Phi) is 6.63. The minimum Gasteiger partial charge on any atom is -0.497 e. The summed E-state index contributed by atoms with van der Waals surface area (Å²) in [7, 11) is -0.373. The van der Waals surface area contributed by atoms with E-state index in [0.717, 1.165) is 40.0 Å². The Bertz CT molecular complexity index is 1170. The quantitative estimate of drug-likeness (QED) is 0.520. The molecule has 1 fully saturated rings. The van der Waals surface area contributed by atoms with Crippen LogP contribution in [-0.4, -0.2) is 58.1 Å². The lowest BCUT2D eigenvalue weighted by Crippen LogP contribution is -2.48. The van der Waals surface area contributed by atoms with E-state index >= 15 is 0 Å². The van der Waals surface area contributed by atoms with Crippen molar-refractivity contribution in [3.63, 3.8) is 0 Å². The molecule has 0 aliphatic carbocycles. The van der Waals surface area contributed by atoms with Crippen LogP contribution in [0.2, 0.25) is 0 Å². The monoisotopic (exact) mass is 477 g/mol. The van der Waals surface area contributed by atoms with Gasteiger partial charge in [0.05, 0.1) is 24.8 Å². The minimum atomic E-state index is -3.64. The number of thiazole rings is 1. The van der Waals surface area contributed by atoms with Gasteiger partial charge in [0.2, 0.25) is 10.0 Å². The van der Waals surface area contributed by atoms with Crippen molar-refractivity contribution in [1.82, 2.24) is 9.29 Å². The van der Waals surface area contributed by atoms with Crippen molar-refractivity contribution in [2.24, 2.45) is 0 Å². The number of sulfonamides is 1. The van der Waals surface area contributed by atoms with E-state index in [1.165, 1.54) is 27.8 Å². The predicted molar refractivity (Wildman–Crippen MR) is 122 cm³/mol. The van der Waals surface area contributed by atoms with Gasteiger partial charge in [-0.15, -0.1) is 11.3 Å². The van der Waals surface area contributed by atoms with Gasteiger partial charge in [0.15, 0.2) is 5.13 Å². The van der Waals surface area contributed by atoms with E-state index in [-0.39, 0.29) is 4.90 Å². The molecular weight excluding hydrogens is 453 g/mol. The number of benzene rings is 2. The summed E-state index contributed by atoms with van der Waals surface area (Å²) in [5.74, 6) is 1.08. The third-order valence-corrected chi connectivity index (χ3v) is 8.22. The van der Waals surface area contributed by atoms with Crippen molar-refractivity contribution >= 4 is 26.5 Å². The molecule has 1 saturated heterocycles. The Balaban J connectivity index is 1.42. The molecule has 4 rings (SSSR count). The summed E-state index contributed by atoms with van der Waals surface area (Å²) in [6.07, 6.45) is 0.607.